The van der Waals surface area contributed by atoms with Crippen molar-refractivity contribution in [2.75, 3.05) is 5.32 Å². The minimum Gasteiger partial charge on any atom is -0.478 e. The lowest BCUT2D eigenvalue weighted by atomic mass is 9.48. The number of imidazole rings is 1. The normalized spacial score (nSPS) is 33.9. The highest BCUT2D eigenvalue weighted by Crippen LogP contribution is 2.62. The summed E-state index contributed by atoms with van der Waals surface area (Å²) in [6.45, 7) is 4.72. The standard InChI is InChI=1S/C32H39N3O3/c1-31(2)22-6-7-24(25(31)14-22)28-34-26(8-9-32-15-18-10-19(16-32)12-20(11-18)17-32)27(35-28)29(36)33-23-5-3-4-21(13-23)30(37)38/h3-5,7,13,18-20,22,25H,6,8-12,14-17H2,1-2H3,(H,33,36)(H,34,35)(H,37,38). The minimum atomic E-state index is -1.01. The first kappa shape index (κ1) is 24.2. The number of nitrogens with one attached hydrogen (secondary N) is 2. The van der Waals surface area contributed by atoms with Gasteiger partial charge in [0.1, 0.15) is 11.5 Å². The molecule has 0 saturated heterocycles. The number of anilines is 1. The maximum atomic E-state index is 13.6. The fourth-order valence-corrected chi connectivity index (χ4v) is 9.44. The monoisotopic (exact) mass is 513 g/mol. The SMILES string of the molecule is CC1(C)C2CC=C(c3nc(C(=O)Nc4cccc(C(=O)O)c4)c(CCC45CC6CC(CC(C6)C4)C5)[nH]3)C1C2. The first-order chi connectivity index (χ1) is 18.2. The number of rotatable bonds is 7. The van der Waals surface area contributed by atoms with Crippen molar-refractivity contribution in [2.45, 2.75) is 78.1 Å². The zero-order chi connectivity index (χ0) is 26.2. The summed E-state index contributed by atoms with van der Waals surface area (Å²) in [7, 11) is 0. The van der Waals surface area contributed by atoms with Crippen LogP contribution in [0.5, 0.6) is 0 Å². The number of amides is 1. The van der Waals surface area contributed by atoms with E-state index in [0.29, 0.717) is 22.7 Å². The first-order valence-electron chi connectivity index (χ1n) is 14.6. The van der Waals surface area contributed by atoms with Gasteiger partial charge in [-0.1, -0.05) is 26.0 Å². The predicted molar refractivity (Wildman–Crippen MR) is 147 cm³/mol. The lowest BCUT2D eigenvalue weighted by molar-refractivity contribution is -0.0570. The number of aromatic nitrogens is 2. The van der Waals surface area contributed by atoms with Crippen molar-refractivity contribution in [3.8, 4) is 0 Å². The Morgan fingerprint density at radius 3 is 2.42 bits per heavy atom. The van der Waals surface area contributed by atoms with Crippen LogP contribution in [0, 0.1) is 40.4 Å². The summed E-state index contributed by atoms with van der Waals surface area (Å²) < 4.78 is 0. The number of aromatic carboxylic acids is 1. The largest absolute Gasteiger partial charge is 0.478 e. The lowest BCUT2D eigenvalue weighted by Gasteiger charge is -2.57. The highest BCUT2D eigenvalue weighted by Gasteiger charge is 2.53. The molecule has 5 saturated carbocycles. The Balaban J connectivity index is 1.18. The average Bonchev–Trinajstić information content (AvgIpc) is 3.31. The number of carbonyl (C=O) groups excluding carboxylic acids is 1. The summed E-state index contributed by atoms with van der Waals surface area (Å²) in [5.41, 5.74) is 3.99. The van der Waals surface area contributed by atoms with Crippen LogP contribution >= 0.6 is 0 Å². The zero-order valence-corrected chi connectivity index (χ0v) is 22.6. The molecule has 0 spiro atoms. The molecule has 0 radical (unpaired) electrons. The van der Waals surface area contributed by atoms with Crippen molar-refractivity contribution < 1.29 is 14.7 Å². The van der Waals surface area contributed by atoms with Gasteiger partial charge in [0.25, 0.3) is 5.91 Å². The molecule has 38 heavy (non-hydrogen) atoms. The number of allylic oxidation sites excluding steroid dienone is 2. The van der Waals surface area contributed by atoms with Crippen molar-refractivity contribution >= 4 is 23.1 Å². The molecule has 9 rings (SSSR count). The molecular formula is C32H39N3O3. The predicted octanol–water partition coefficient (Wildman–Crippen LogP) is 6.96. The second kappa shape index (κ2) is 8.56. The van der Waals surface area contributed by atoms with Gasteiger partial charge in [-0.15, -0.1) is 0 Å². The molecule has 1 aromatic carbocycles. The number of aromatic amines is 1. The number of carboxylic acids is 1. The summed E-state index contributed by atoms with van der Waals surface area (Å²) >= 11 is 0. The quantitative estimate of drug-likeness (QED) is 0.373. The molecule has 0 aliphatic heterocycles. The molecule has 3 N–H and O–H groups in total. The Labute approximate surface area is 224 Å². The van der Waals surface area contributed by atoms with E-state index in [0.717, 1.165) is 54.5 Å². The number of hydrogen-bond donors (Lipinski definition) is 3. The lowest BCUT2D eigenvalue weighted by Crippen LogP contribution is -2.47. The molecule has 1 amide bonds. The van der Waals surface area contributed by atoms with Crippen LogP contribution in [0.15, 0.2) is 30.3 Å². The molecule has 6 bridgehead atoms. The number of H-pyrrole nitrogens is 1. The van der Waals surface area contributed by atoms with Crippen LogP contribution in [0.2, 0.25) is 0 Å². The second-order valence-electron chi connectivity index (χ2n) is 13.9. The summed E-state index contributed by atoms with van der Waals surface area (Å²) in [6, 6.07) is 6.42. The fourth-order valence-electron chi connectivity index (χ4n) is 9.44. The highest BCUT2D eigenvalue weighted by molar-refractivity contribution is 6.04. The third-order valence-corrected chi connectivity index (χ3v) is 11.2. The van der Waals surface area contributed by atoms with Gasteiger partial charge in [-0.25, -0.2) is 9.78 Å². The molecular weight excluding hydrogens is 474 g/mol. The molecule has 1 heterocycles. The maximum Gasteiger partial charge on any atom is 0.335 e. The molecule has 1 aromatic heterocycles. The van der Waals surface area contributed by atoms with Crippen LogP contribution in [-0.2, 0) is 6.42 Å². The minimum absolute atomic E-state index is 0.154. The van der Waals surface area contributed by atoms with E-state index in [9.17, 15) is 14.7 Å². The Hall–Kier alpha value is -2.89. The van der Waals surface area contributed by atoms with Crippen molar-refractivity contribution in [1.82, 2.24) is 9.97 Å². The van der Waals surface area contributed by atoms with E-state index in [1.807, 2.05) is 0 Å². The van der Waals surface area contributed by atoms with Gasteiger partial charge in [-0.2, -0.15) is 0 Å². The summed E-state index contributed by atoms with van der Waals surface area (Å²) in [6.07, 6.45) is 14.9. The van der Waals surface area contributed by atoms with Crippen molar-refractivity contribution in [3.63, 3.8) is 0 Å². The van der Waals surface area contributed by atoms with E-state index in [-0.39, 0.29) is 16.9 Å². The third kappa shape index (κ3) is 3.94. The summed E-state index contributed by atoms with van der Waals surface area (Å²) in [5.74, 6) is 3.52. The van der Waals surface area contributed by atoms with Crippen molar-refractivity contribution in [2.24, 2.45) is 40.4 Å². The van der Waals surface area contributed by atoms with Crippen LogP contribution in [0.3, 0.4) is 0 Å². The van der Waals surface area contributed by atoms with Crippen LogP contribution in [-0.4, -0.2) is 27.0 Å². The molecule has 7 aliphatic carbocycles. The number of hydrogen-bond acceptors (Lipinski definition) is 3. The second-order valence-corrected chi connectivity index (χ2v) is 13.9. The molecule has 200 valence electrons. The zero-order valence-electron chi connectivity index (χ0n) is 22.6. The van der Waals surface area contributed by atoms with Crippen LogP contribution in [0.25, 0.3) is 5.57 Å². The van der Waals surface area contributed by atoms with Crippen LogP contribution in [0.1, 0.15) is 104 Å². The van der Waals surface area contributed by atoms with Gasteiger partial charge in [0, 0.05) is 11.4 Å². The first-order valence-corrected chi connectivity index (χ1v) is 14.6. The third-order valence-electron chi connectivity index (χ3n) is 11.2. The maximum absolute atomic E-state index is 13.6. The van der Waals surface area contributed by atoms with E-state index < -0.39 is 5.97 Å². The van der Waals surface area contributed by atoms with Gasteiger partial charge in [0.15, 0.2) is 0 Å². The van der Waals surface area contributed by atoms with Gasteiger partial charge >= 0.3 is 5.97 Å². The van der Waals surface area contributed by atoms with Crippen molar-refractivity contribution in [1.29, 1.82) is 0 Å². The topological polar surface area (TPSA) is 95.1 Å². The molecule has 2 aromatic rings. The van der Waals surface area contributed by atoms with Gasteiger partial charge in [-0.05, 0) is 128 Å². The van der Waals surface area contributed by atoms with Crippen molar-refractivity contribution in [3.05, 3.63) is 53.1 Å². The van der Waals surface area contributed by atoms with E-state index in [1.54, 1.807) is 12.1 Å². The molecule has 7 aliphatic rings. The Kier molecular flexibility index (Phi) is 5.44. The smallest absolute Gasteiger partial charge is 0.335 e. The number of nitrogens with zero attached hydrogens (tertiary/aromatic N) is 1. The summed E-state index contributed by atoms with van der Waals surface area (Å²) in [4.78, 5) is 33.6. The average molecular weight is 514 g/mol. The van der Waals surface area contributed by atoms with Gasteiger partial charge in [0.2, 0.25) is 0 Å². The van der Waals surface area contributed by atoms with E-state index in [1.165, 1.54) is 62.7 Å². The van der Waals surface area contributed by atoms with Gasteiger partial charge < -0.3 is 15.4 Å². The molecule has 2 unspecified atom stereocenters. The Morgan fingerprint density at radius 2 is 1.79 bits per heavy atom. The van der Waals surface area contributed by atoms with Gasteiger partial charge in [-0.3, -0.25) is 4.79 Å². The van der Waals surface area contributed by atoms with E-state index in [4.69, 9.17) is 4.98 Å². The highest BCUT2D eigenvalue weighted by atomic mass is 16.4. The van der Waals surface area contributed by atoms with Crippen LogP contribution in [0.4, 0.5) is 5.69 Å². The number of carbonyl (C=O) groups is 2. The summed E-state index contributed by atoms with van der Waals surface area (Å²) in [5, 5.41) is 12.3. The fraction of sp³-hybridized carbons (Fsp3) is 0.594. The number of carboxylic acid groups (broad SMARTS) is 1. The van der Waals surface area contributed by atoms with E-state index in [2.05, 4.69) is 30.2 Å². The van der Waals surface area contributed by atoms with Crippen LogP contribution < -0.4 is 5.32 Å². The molecule has 6 nitrogen and oxygen atoms in total. The molecule has 5 fully saturated rings. The Morgan fingerprint density at radius 1 is 1.08 bits per heavy atom. The van der Waals surface area contributed by atoms with Gasteiger partial charge in [0.05, 0.1) is 5.56 Å². The Bertz CT molecular complexity index is 1300. The van der Waals surface area contributed by atoms with E-state index >= 15 is 0 Å². The molecule has 2 atom stereocenters. The number of benzene rings is 1. The number of fused-ring (bicyclic) bond motifs is 1. The number of aryl methyl sites for hydroxylation is 1. The molecule has 6 heteroatoms.